The van der Waals surface area contributed by atoms with Crippen molar-refractivity contribution in [3.8, 4) is 11.5 Å². The lowest BCUT2D eigenvalue weighted by Crippen LogP contribution is -2.43. The molecule has 3 aromatic rings. The summed E-state index contributed by atoms with van der Waals surface area (Å²) in [5.41, 5.74) is 1.57. The molecular formula is C26H27F2N3O3. The fraction of sp³-hybridized carbons (Fsp3) is 0.308. The molecule has 8 heteroatoms. The average Bonchev–Trinajstić information content (AvgIpc) is 2.85. The number of aromatic nitrogens is 1. The van der Waals surface area contributed by atoms with Gasteiger partial charge in [0.1, 0.15) is 18.2 Å². The number of benzene rings is 2. The first-order valence-electron chi connectivity index (χ1n) is 11.3. The predicted octanol–water partition coefficient (Wildman–Crippen LogP) is 4.06. The second-order valence-electron chi connectivity index (χ2n) is 8.33. The Morgan fingerprint density at radius 2 is 1.88 bits per heavy atom. The van der Waals surface area contributed by atoms with E-state index in [1.54, 1.807) is 30.5 Å². The van der Waals surface area contributed by atoms with E-state index < -0.39 is 17.7 Å². The molecule has 1 aromatic heterocycles. The number of carbonyl (C=O) groups is 1. The second kappa shape index (κ2) is 11.1. The zero-order chi connectivity index (χ0) is 23.9. The highest BCUT2D eigenvalue weighted by Crippen LogP contribution is 2.25. The summed E-state index contributed by atoms with van der Waals surface area (Å²) in [6, 6.07) is 15.1. The predicted molar refractivity (Wildman–Crippen MR) is 123 cm³/mol. The molecule has 1 aliphatic rings. The van der Waals surface area contributed by atoms with Crippen LogP contribution >= 0.6 is 0 Å². The highest BCUT2D eigenvalue weighted by atomic mass is 19.1. The van der Waals surface area contributed by atoms with Gasteiger partial charge in [-0.15, -0.1) is 0 Å². The number of nitrogens with one attached hydrogen (secondary N) is 1. The summed E-state index contributed by atoms with van der Waals surface area (Å²) in [4.78, 5) is 19.7. The van der Waals surface area contributed by atoms with E-state index in [9.17, 15) is 18.7 Å². The van der Waals surface area contributed by atoms with Crippen molar-refractivity contribution in [2.75, 3.05) is 26.2 Å². The molecule has 0 saturated carbocycles. The van der Waals surface area contributed by atoms with Crippen LogP contribution in [0.25, 0.3) is 0 Å². The number of carbonyl (C=O) groups excluding carboxylic acids is 1. The average molecular weight is 468 g/mol. The van der Waals surface area contributed by atoms with Gasteiger partial charge in [0, 0.05) is 24.7 Å². The van der Waals surface area contributed by atoms with Crippen LogP contribution < -0.4 is 10.1 Å². The van der Waals surface area contributed by atoms with Crippen LogP contribution in [0.3, 0.4) is 0 Å². The summed E-state index contributed by atoms with van der Waals surface area (Å²) in [6.45, 7) is 2.32. The molecule has 2 aromatic carbocycles. The van der Waals surface area contributed by atoms with Crippen LogP contribution in [-0.2, 0) is 4.79 Å². The number of pyridine rings is 1. The van der Waals surface area contributed by atoms with Crippen LogP contribution in [0.4, 0.5) is 8.78 Å². The molecule has 4 rings (SSSR count). The maximum absolute atomic E-state index is 13.7. The minimum atomic E-state index is -0.716. The number of nitrogens with zero attached hydrogens (tertiary/aromatic N) is 2. The van der Waals surface area contributed by atoms with Crippen LogP contribution in [0.2, 0.25) is 0 Å². The third-order valence-electron chi connectivity index (χ3n) is 6.01. The summed E-state index contributed by atoms with van der Waals surface area (Å²) >= 11 is 0. The largest absolute Gasteiger partial charge is 0.508 e. The molecule has 1 atom stereocenters. The Balaban J connectivity index is 1.30. The maximum atomic E-state index is 13.7. The van der Waals surface area contributed by atoms with Crippen molar-refractivity contribution >= 4 is 5.91 Å². The van der Waals surface area contributed by atoms with E-state index in [-0.39, 0.29) is 29.9 Å². The number of phenolic OH excluding ortho intramolecular Hbond substituents is 1. The lowest BCUT2D eigenvalue weighted by molar-refractivity contribution is -0.127. The first kappa shape index (κ1) is 23.6. The summed E-state index contributed by atoms with van der Waals surface area (Å²) in [7, 11) is 0. The number of halogens is 2. The summed E-state index contributed by atoms with van der Waals surface area (Å²) in [6.07, 6.45) is 3.08. The molecule has 6 nitrogen and oxygen atoms in total. The molecule has 0 aliphatic carbocycles. The van der Waals surface area contributed by atoms with Crippen molar-refractivity contribution in [1.82, 2.24) is 15.2 Å². The Labute approximate surface area is 197 Å². The van der Waals surface area contributed by atoms with Crippen LogP contribution in [0, 0.1) is 17.6 Å². The topological polar surface area (TPSA) is 74.7 Å². The number of piperidine rings is 1. The van der Waals surface area contributed by atoms with E-state index >= 15 is 0 Å². The van der Waals surface area contributed by atoms with Crippen molar-refractivity contribution < 1.29 is 23.4 Å². The second-order valence-corrected chi connectivity index (χ2v) is 8.33. The third kappa shape index (κ3) is 6.08. The van der Waals surface area contributed by atoms with Crippen molar-refractivity contribution in [2.45, 2.75) is 18.9 Å². The molecule has 1 amide bonds. The Morgan fingerprint density at radius 1 is 1.12 bits per heavy atom. The van der Waals surface area contributed by atoms with Gasteiger partial charge in [0.05, 0.1) is 11.7 Å². The summed E-state index contributed by atoms with van der Waals surface area (Å²) in [5.74, 6) is -1.32. The molecule has 0 radical (unpaired) electrons. The van der Waals surface area contributed by atoms with Crippen LogP contribution in [0.5, 0.6) is 11.5 Å². The SMILES string of the molecule is O=C(NC(c1ccc(O)cc1)c1ccccn1)C1CCN(CCOc2ccc(F)cc2F)CC1. The number of likely N-dealkylation sites (tertiary alicyclic amines) is 1. The minimum absolute atomic E-state index is 0.0328. The van der Waals surface area contributed by atoms with E-state index in [4.69, 9.17) is 4.74 Å². The number of amides is 1. The van der Waals surface area contributed by atoms with Gasteiger partial charge in [-0.05, 0) is 67.9 Å². The highest BCUT2D eigenvalue weighted by Gasteiger charge is 2.28. The van der Waals surface area contributed by atoms with Gasteiger partial charge in [-0.1, -0.05) is 18.2 Å². The smallest absolute Gasteiger partial charge is 0.224 e. The van der Waals surface area contributed by atoms with E-state index in [1.807, 2.05) is 18.2 Å². The van der Waals surface area contributed by atoms with Gasteiger partial charge in [0.15, 0.2) is 11.6 Å². The zero-order valence-electron chi connectivity index (χ0n) is 18.7. The van der Waals surface area contributed by atoms with Gasteiger partial charge in [-0.3, -0.25) is 14.7 Å². The molecule has 178 valence electrons. The molecule has 2 heterocycles. The number of hydrogen-bond acceptors (Lipinski definition) is 5. The Bertz CT molecular complexity index is 1090. The summed E-state index contributed by atoms with van der Waals surface area (Å²) in [5, 5.41) is 12.8. The van der Waals surface area contributed by atoms with E-state index in [0.29, 0.717) is 19.4 Å². The van der Waals surface area contributed by atoms with Gasteiger partial charge >= 0.3 is 0 Å². The number of rotatable bonds is 8. The number of hydrogen-bond donors (Lipinski definition) is 2. The standard InChI is InChI=1S/C26H27F2N3O3/c27-20-6-9-24(22(28)17-20)34-16-15-31-13-10-19(11-14-31)26(33)30-25(23-3-1-2-12-29-23)18-4-7-21(32)8-5-18/h1-9,12,17,19,25,32H,10-11,13-16H2,(H,30,33). The van der Waals surface area contributed by atoms with Gasteiger partial charge in [-0.2, -0.15) is 0 Å². The lowest BCUT2D eigenvalue weighted by atomic mass is 9.94. The molecular weight excluding hydrogens is 440 g/mol. The van der Waals surface area contributed by atoms with Crippen LogP contribution in [0.1, 0.15) is 30.1 Å². The van der Waals surface area contributed by atoms with Gasteiger partial charge in [-0.25, -0.2) is 8.78 Å². The van der Waals surface area contributed by atoms with E-state index in [0.717, 1.165) is 30.4 Å². The molecule has 0 bridgehead atoms. The normalized spacial score (nSPS) is 15.6. The van der Waals surface area contributed by atoms with E-state index in [1.165, 1.54) is 12.1 Å². The first-order valence-corrected chi connectivity index (χ1v) is 11.3. The fourth-order valence-electron chi connectivity index (χ4n) is 4.10. The molecule has 34 heavy (non-hydrogen) atoms. The van der Waals surface area contributed by atoms with Crippen molar-refractivity contribution in [3.63, 3.8) is 0 Å². The van der Waals surface area contributed by atoms with Gasteiger partial charge in [0.25, 0.3) is 0 Å². The third-order valence-corrected chi connectivity index (χ3v) is 6.01. The van der Waals surface area contributed by atoms with Crippen molar-refractivity contribution in [3.05, 3.63) is 89.8 Å². The Morgan fingerprint density at radius 3 is 2.56 bits per heavy atom. The zero-order valence-corrected chi connectivity index (χ0v) is 18.7. The lowest BCUT2D eigenvalue weighted by Gasteiger charge is -2.32. The van der Waals surface area contributed by atoms with Crippen molar-refractivity contribution in [2.24, 2.45) is 5.92 Å². The van der Waals surface area contributed by atoms with Gasteiger partial charge in [0.2, 0.25) is 5.91 Å². The summed E-state index contributed by atoms with van der Waals surface area (Å²) < 4.78 is 32.1. The molecule has 1 aliphatic heterocycles. The number of phenols is 1. The first-order chi connectivity index (χ1) is 16.5. The minimum Gasteiger partial charge on any atom is -0.508 e. The quantitative estimate of drug-likeness (QED) is 0.523. The fourth-order valence-corrected chi connectivity index (χ4v) is 4.10. The van der Waals surface area contributed by atoms with Crippen LogP contribution in [0.15, 0.2) is 66.9 Å². The Kier molecular flexibility index (Phi) is 7.69. The monoisotopic (exact) mass is 467 g/mol. The maximum Gasteiger partial charge on any atom is 0.224 e. The van der Waals surface area contributed by atoms with E-state index in [2.05, 4.69) is 15.2 Å². The highest BCUT2D eigenvalue weighted by molar-refractivity contribution is 5.79. The Hall–Kier alpha value is -3.52. The molecule has 1 fully saturated rings. The van der Waals surface area contributed by atoms with Crippen molar-refractivity contribution in [1.29, 1.82) is 0 Å². The number of ether oxygens (including phenoxy) is 1. The molecule has 0 spiro atoms. The molecule has 2 N–H and O–H groups in total. The van der Waals surface area contributed by atoms with Gasteiger partial charge < -0.3 is 15.2 Å². The van der Waals surface area contributed by atoms with Crippen LogP contribution in [-0.4, -0.2) is 47.1 Å². The molecule has 1 unspecified atom stereocenters. The molecule has 1 saturated heterocycles. The number of aromatic hydroxyl groups is 1.